The van der Waals surface area contributed by atoms with E-state index >= 15 is 0 Å². The van der Waals surface area contributed by atoms with Crippen LogP contribution in [0.5, 0.6) is 0 Å². The highest BCUT2D eigenvalue weighted by atomic mass is 16.4. The van der Waals surface area contributed by atoms with Gasteiger partial charge in [0.15, 0.2) is 0 Å². The van der Waals surface area contributed by atoms with Gasteiger partial charge in [-0.15, -0.1) is 0 Å². The van der Waals surface area contributed by atoms with E-state index in [0.717, 1.165) is 0 Å². The first-order chi connectivity index (χ1) is 5.61. The van der Waals surface area contributed by atoms with Crippen molar-refractivity contribution in [2.45, 2.75) is 12.6 Å². The standard InChI is InChI=1S/C6H9N3O3/c7-4(5(10)11)3-9-2-1-8-6(9)12/h1-2,4H,3,7H2,(H,8,12)(H,10,11). The molecule has 0 aliphatic carbocycles. The fourth-order valence-corrected chi connectivity index (χ4v) is 0.783. The Hall–Kier alpha value is -1.56. The van der Waals surface area contributed by atoms with Crippen molar-refractivity contribution in [1.82, 2.24) is 9.55 Å². The third kappa shape index (κ3) is 1.73. The van der Waals surface area contributed by atoms with Crippen molar-refractivity contribution in [1.29, 1.82) is 0 Å². The van der Waals surface area contributed by atoms with Gasteiger partial charge in [-0.05, 0) is 0 Å². The monoisotopic (exact) mass is 171 g/mol. The maximum Gasteiger partial charge on any atom is 0.325 e. The Bertz CT molecular complexity index is 327. The summed E-state index contributed by atoms with van der Waals surface area (Å²) in [7, 11) is 0. The number of aliphatic carboxylic acids is 1. The fourth-order valence-electron chi connectivity index (χ4n) is 0.783. The second-order valence-corrected chi connectivity index (χ2v) is 2.36. The molecule has 1 aromatic heterocycles. The molecule has 0 amide bonds. The van der Waals surface area contributed by atoms with E-state index in [1.807, 2.05) is 0 Å². The van der Waals surface area contributed by atoms with E-state index in [9.17, 15) is 9.59 Å². The molecule has 0 spiro atoms. The van der Waals surface area contributed by atoms with Crippen molar-refractivity contribution < 1.29 is 9.90 Å². The second kappa shape index (κ2) is 3.22. The molecular weight excluding hydrogens is 162 g/mol. The molecular formula is C6H9N3O3. The van der Waals surface area contributed by atoms with Crippen LogP contribution in [0.3, 0.4) is 0 Å². The molecule has 0 aliphatic heterocycles. The number of hydrogen-bond acceptors (Lipinski definition) is 3. The van der Waals surface area contributed by atoms with Gasteiger partial charge in [0.25, 0.3) is 0 Å². The first-order valence-electron chi connectivity index (χ1n) is 3.33. The van der Waals surface area contributed by atoms with Gasteiger partial charge < -0.3 is 15.8 Å². The van der Waals surface area contributed by atoms with E-state index < -0.39 is 12.0 Å². The van der Waals surface area contributed by atoms with Gasteiger partial charge in [-0.1, -0.05) is 0 Å². The van der Waals surface area contributed by atoms with E-state index in [-0.39, 0.29) is 12.2 Å². The predicted molar refractivity (Wildman–Crippen MR) is 40.7 cm³/mol. The van der Waals surface area contributed by atoms with E-state index in [0.29, 0.717) is 0 Å². The number of imidazole rings is 1. The van der Waals surface area contributed by atoms with Gasteiger partial charge >= 0.3 is 11.7 Å². The van der Waals surface area contributed by atoms with Crippen LogP contribution in [0, 0.1) is 0 Å². The van der Waals surface area contributed by atoms with Gasteiger partial charge in [-0.3, -0.25) is 9.36 Å². The molecule has 0 saturated carbocycles. The Balaban J connectivity index is 2.70. The summed E-state index contributed by atoms with van der Waals surface area (Å²) in [5.41, 5.74) is 4.85. The first kappa shape index (κ1) is 8.54. The number of aromatic amines is 1. The number of carboxylic acid groups (broad SMARTS) is 1. The molecule has 1 aromatic rings. The average Bonchev–Trinajstić information content (AvgIpc) is 2.36. The zero-order chi connectivity index (χ0) is 9.14. The number of rotatable bonds is 3. The third-order valence-corrected chi connectivity index (χ3v) is 1.43. The minimum absolute atomic E-state index is 0.0162. The smallest absolute Gasteiger partial charge is 0.325 e. The molecule has 6 nitrogen and oxygen atoms in total. The zero-order valence-electron chi connectivity index (χ0n) is 6.23. The minimum Gasteiger partial charge on any atom is -0.480 e. The molecule has 6 heteroatoms. The van der Waals surface area contributed by atoms with Gasteiger partial charge in [0.05, 0.1) is 6.54 Å². The predicted octanol–water partition coefficient (Wildman–Crippen LogP) is -1.41. The van der Waals surface area contributed by atoms with Crippen LogP contribution in [0.1, 0.15) is 0 Å². The van der Waals surface area contributed by atoms with Gasteiger partial charge in [0.2, 0.25) is 0 Å². The van der Waals surface area contributed by atoms with Crippen molar-refractivity contribution in [3.05, 3.63) is 22.9 Å². The van der Waals surface area contributed by atoms with Crippen LogP contribution in [0.2, 0.25) is 0 Å². The highest BCUT2D eigenvalue weighted by molar-refractivity contribution is 5.72. The van der Waals surface area contributed by atoms with Gasteiger partial charge in [0.1, 0.15) is 6.04 Å². The van der Waals surface area contributed by atoms with Crippen LogP contribution in [0.25, 0.3) is 0 Å². The Morgan fingerprint density at radius 2 is 2.50 bits per heavy atom. The van der Waals surface area contributed by atoms with E-state index in [2.05, 4.69) is 4.98 Å². The molecule has 0 aromatic carbocycles. The third-order valence-electron chi connectivity index (χ3n) is 1.43. The summed E-state index contributed by atoms with van der Waals surface area (Å²) in [6.45, 7) is -0.0162. The molecule has 0 bridgehead atoms. The van der Waals surface area contributed by atoms with Crippen LogP contribution in [0.15, 0.2) is 17.2 Å². The second-order valence-electron chi connectivity index (χ2n) is 2.36. The summed E-state index contributed by atoms with van der Waals surface area (Å²) >= 11 is 0. The van der Waals surface area contributed by atoms with Crippen molar-refractivity contribution in [3.63, 3.8) is 0 Å². The van der Waals surface area contributed by atoms with Crippen molar-refractivity contribution in [2.75, 3.05) is 0 Å². The normalized spacial score (nSPS) is 12.8. The summed E-state index contributed by atoms with van der Waals surface area (Å²) in [5.74, 6) is -1.12. The van der Waals surface area contributed by atoms with Crippen LogP contribution in [-0.4, -0.2) is 26.7 Å². The number of carbonyl (C=O) groups is 1. The van der Waals surface area contributed by atoms with Gasteiger partial charge in [0, 0.05) is 12.4 Å². The minimum atomic E-state index is -1.12. The molecule has 66 valence electrons. The van der Waals surface area contributed by atoms with Gasteiger partial charge in [-0.25, -0.2) is 4.79 Å². The number of carboxylic acids is 1. The van der Waals surface area contributed by atoms with Crippen molar-refractivity contribution in [3.8, 4) is 0 Å². The molecule has 1 atom stereocenters. The lowest BCUT2D eigenvalue weighted by molar-refractivity contribution is -0.138. The summed E-state index contributed by atoms with van der Waals surface area (Å²) in [6.07, 6.45) is 2.88. The summed E-state index contributed by atoms with van der Waals surface area (Å²) in [4.78, 5) is 23.5. The lowest BCUT2D eigenvalue weighted by atomic mass is 10.3. The van der Waals surface area contributed by atoms with Crippen LogP contribution >= 0.6 is 0 Å². The van der Waals surface area contributed by atoms with Crippen LogP contribution in [0.4, 0.5) is 0 Å². The lowest BCUT2D eigenvalue weighted by Crippen LogP contribution is -2.37. The maximum absolute atomic E-state index is 10.8. The van der Waals surface area contributed by atoms with Crippen LogP contribution in [-0.2, 0) is 11.3 Å². The van der Waals surface area contributed by atoms with E-state index in [1.165, 1.54) is 17.0 Å². The largest absolute Gasteiger partial charge is 0.480 e. The topological polar surface area (TPSA) is 101 Å². The zero-order valence-corrected chi connectivity index (χ0v) is 6.23. The molecule has 1 rings (SSSR count). The molecule has 0 fully saturated rings. The molecule has 0 aliphatic rings. The maximum atomic E-state index is 10.8. The van der Waals surface area contributed by atoms with Crippen molar-refractivity contribution in [2.24, 2.45) is 5.73 Å². The van der Waals surface area contributed by atoms with Gasteiger partial charge in [-0.2, -0.15) is 0 Å². The number of nitrogens with one attached hydrogen (secondary N) is 1. The Labute approximate surface area is 67.6 Å². The number of hydrogen-bond donors (Lipinski definition) is 3. The highest BCUT2D eigenvalue weighted by Crippen LogP contribution is 1.85. The highest BCUT2D eigenvalue weighted by Gasteiger charge is 2.12. The number of H-pyrrole nitrogens is 1. The Kier molecular flexibility index (Phi) is 2.29. The molecule has 1 unspecified atom stereocenters. The molecule has 0 radical (unpaired) electrons. The quantitative estimate of drug-likeness (QED) is 0.520. The Morgan fingerprint density at radius 3 is 2.92 bits per heavy atom. The van der Waals surface area contributed by atoms with Crippen molar-refractivity contribution >= 4 is 5.97 Å². The average molecular weight is 171 g/mol. The molecule has 0 saturated heterocycles. The summed E-state index contributed by atoms with van der Waals surface area (Å²) in [6, 6.07) is -1.04. The number of nitrogens with zero attached hydrogens (tertiary/aromatic N) is 1. The SMILES string of the molecule is NC(Cn1cc[nH]c1=O)C(=O)O. The Morgan fingerprint density at radius 1 is 1.83 bits per heavy atom. The summed E-state index contributed by atoms with van der Waals surface area (Å²) in [5, 5.41) is 8.42. The fraction of sp³-hybridized carbons (Fsp3) is 0.333. The lowest BCUT2D eigenvalue weighted by Gasteiger charge is -2.04. The number of aromatic nitrogens is 2. The number of nitrogens with two attached hydrogens (primary N) is 1. The van der Waals surface area contributed by atoms with E-state index in [4.69, 9.17) is 10.8 Å². The summed E-state index contributed by atoms with van der Waals surface area (Å²) < 4.78 is 1.21. The van der Waals surface area contributed by atoms with E-state index in [1.54, 1.807) is 0 Å². The molecule has 4 N–H and O–H groups in total. The molecule has 12 heavy (non-hydrogen) atoms. The molecule has 1 heterocycles. The van der Waals surface area contributed by atoms with Crippen LogP contribution < -0.4 is 11.4 Å². The first-order valence-corrected chi connectivity index (χ1v) is 3.33.